The van der Waals surface area contributed by atoms with Gasteiger partial charge < -0.3 is 9.67 Å². The summed E-state index contributed by atoms with van der Waals surface area (Å²) in [6.07, 6.45) is 4.07. The molecule has 1 aliphatic rings. The van der Waals surface area contributed by atoms with E-state index in [4.69, 9.17) is 0 Å². The van der Waals surface area contributed by atoms with Gasteiger partial charge in [0.2, 0.25) is 5.43 Å². The van der Waals surface area contributed by atoms with Crippen LogP contribution in [0.5, 0.6) is 5.75 Å². The van der Waals surface area contributed by atoms with Crippen LogP contribution in [-0.2, 0) is 0 Å². The van der Waals surface area contributed by atoms with Crippen LogP contribution in [0.2, 0.25) is 0 Å². The molecule has 1 saturated carbocycles. The minimum atomic E-state index is -0.288. The lowest BCUT2D eigenvalue weighted by Gasteiger charge is -2.08. The van der Waals surface area contributed by atoms with Gasteiger partial charge in [0, 0.05) is 18.3 Å². The van der Waals surface area contributed by atoms with Crippen molar-refractivity contribution in [1.82, 2.24) is 4.57 Å². The van der Waals surface area contributed by atoms with Gasteiger partial charge in [-0.05, 0) is 19.8 Å². The molecule has 1 heterocycles. The quantitative estimate of drug-likeness (QED) is 0.679. The second kappa shape index (κ2) is 2.37. The third-order valence-electron chi connectivity index (χ3n) is 2.29. The van der Waals surface area contributed by atoms with Gasteiger partial charge in [0.05, 0.1) is 5.69 Å². The Hall–Kier alpha value is -1.25. The summed E-state index contributed by atoms with van der Waals surface area (Å²) in [5.41, 5.74) is 0.398. The molecule has 0 bridgehead atoms. The zero-order valence-electron chi connectivity index (χ0n) is 6.95. The number of hydrogen-bond donors (Lipinski definition) is 1. The van der Waals surface area contributed by atoms with Gasteiger partial charge in [-0.2, -0.15) is 0 Å². The van der Waals surface area contributed by atoms with Crippen LogP contribution in [0.4, 0.5) is 0 Å². The van der Waals surface area contributed by atoms with Crippen LogP contribution < -0.4 is 5.43 Å². The van der Waals surface area contributed by atoms with Crippen LogP contribution in [0.15, 0.2) is 17.1 Å². The molecule has 0 saturated heterocycles. The van der Waals surface area contributed by atoms with Gasteiger partial charge in [-0.25, -0.2) is 0 Å². The van der Waals surface area contributed by atoms with Crippen molar-refractivity contribution in [3.63, 3.8) is 0 Å². The molecule has 1 fully saturated rings. The standard InChI is InChI=1S/C9H11NO2/c1-6-9(12)8(11)4-5-10(6)7-2-3-7/h4-5,7,12H,2-3H2,1H3. The second-order valence-electron chi connectivity index (χ2n) is 3.25. The summed E-state index contributed by atoms with van der Waals surface area (Å²) in [7, 11) is 0. The highest BCUT2D eigenvalue weighted by molar-refractivity contribution is 5.26. The summed E-state index contributed by atoms with van der Waals surface area (Å²) in [6.45, 7) is 1.77. The molecule has 0 spiro atoms. The van der Waals surface area contributed by atoms with Gasteiger partial charge in [0.15, 0.2) is 5.75 Å². The molecular formula is C9H11NO2. The first kappa shape index (κ1) is 7.40. The number of nitrogens with zero attached hydrogens (tertiary/aromatic N) is 1. The molecule has 1 aromatic rings. The average molecular weight is 165 g/mol. The van der Waals surface area contributed by atoms with Gasteiger partial charge in [-0.1, -0.05) is 0 Å². The maximum atomic E-state index is 11.0. The third kappa shape index (κ3) is 1.02. The fourth-order valence-electron chi connectivity index (χ4n) is 1.39. The fraction of sp³-hybridized carbons (Fsp3) is 0.444. The molecule has 1 N–H and O–H groups in total. The largest absolute Gasteiger partial charge is 0.503 e. The van der Waals surface area contributed by atoms with E-state index < -0.39 is 0 Å². The van der Waals surface area contributed by atoms with Crippen molar-refractivity contribution in [2.24, 2.45) is 0 Å². The van der Waals surface area contributed by atoms with Crippen LogP contribution in [0.3, 0.4) is 0 Å². The van der Waals surface area contributed by atoms with Crippen molar-refractivity contribution in [1.29, 1.82) is 0 Å². The van der Waals surface area contributed by atoms with Crippen LogP contribution >= 0.6 is 0 Å². The summed E-state index contributed by atoms with van der Waals surface area (Å²) in [4.78, 5) is 11.0. The topological polar surface area (TPSA) is 42.2 Å². The molecule has 64 valence electrons. The number of pyridine rings is 1. The molecule has 0 aromatic carbocycles. The summed E-state index contributed by atoms with van der Waals surface area (Å²) >= 11 is 0. The van der Waals surface area contributed by atoms with E-state index in [0.717, 1.165) is 12.8 Å². The maximum absolute atomic E-state index is 11.0. The van der Waals surface area contributed by atoms with E-state index in [1.807, 2.05) is 4.57 Å². The van der Waals surface area contributed by atoms with Gasteiger partial charge in [0.1, 0.15) is 0 Å². The van der Waals surface area contributed by atoms with E-state index in [9.17, 15) is 9.90 Å². The van der Waals surface area contributed by atoms with Crippen molar-refractivity contribution in [2.45, 2.75) is 25.8 Å². The molecule has 0 unspecified atom stereocenters. The highest BCUT2D eigenvalue weighted by atomic mass is 16.3. The Balaban J connectivity index is 2.57. The Morgan fingerprint density at radius 3 is 2.83 bits per heavy atom. The number of rotatable bonds is 1. The lowest BCUT2D eigenvalue weighted by molar-refractivity contribution is 0.453. The third-order valence-corrected chi connectivity index (χ3v) is 2.29. The molecule has 12 heavy (non-hydrogen) atoms. The van der Waals surface area contributed by atoms with Crippen LogP contribution in [-0.4, -0.2) is 9.67 Å². The molecule has 3 heteroatoms. The first-order valence-electron chi connectivity index (χ1n) is 4.11. The van der Waals surface area contributed by atoms with Crippen molar-refractivity contribution in [3.05, 3.63) is 28.2 Å². The van der Waals surface area contributed by atoms with Crippen molar-refractivity contribution in [3.8, 4) is 5.75 Å². The highest BCUT2D eigenvalue weighted by Gasteiger charge is 2.24. The van der Waals surface area contributed by atoms with E-state index in [1.165, 1.54) is 6.07 Å². The van der Waals surface area contributed by atoms with E-state index in [1.54, 1.807) is 13.1 Å². The van der Waals surface area contributed by atoms with E-state index >= 15 is 0 Å². The summed E-state index contributed by atoms with van der Waals surface area (Å²) in [5.74, 6) is -0.107. The highest BCUT2D eigenvalue weighted by Crippen LogP contribution is 2.36. The summed E-state index contributed by atoms with van der Waals surface area (Å²) < 4.78 is 1.97. The number of aromatic hydroxyl groups is 1. The minimum Gasteiger partial charge on any atom is -0.503 e. The van der Waals surface area contributed by atoms with Gasteiger partial charge >= 0.3 is 0 Å². The van der Waals surface area contributed by atoms with Gasteiger partial charge in [-0.15, -0.1) is 0 Å². The van der Waals surface area contributed by atoms with E-state index in [2.05, 4.69) is 0 Å². The Bertz CT molecular complexity index is 363. The average Bonchev–Trinajstić information content (AvgIpc) is 2.84. The molecule has 1 aromatic heterocycles. The molecule has 3 nitrogen and oxygen atoms in total. The molecule has 0 aliphatic heterocycles. The van der Waals surface area contributed by atoms with Crippen molar-refractivity contribution < 1.29 is 5.11 Å². The minimum absolute atomic E-state index is 0.107. The second-order valence-corrected chi connectivity index (χ2v) is 3.25. The Labute approximate surface area is 70.3 Å². The lowest BCUT2D eigenvalue weighted by Crippen LogP contribution is -2.08. The van der Waals surface area contributed by atoms with Crippen LogP contribution in [0, 0.1) is 6.92 Å². The number of aromatic nitrogens is 1. The fourth-order valence-corrected chi connectivity index (χ4v) is 1.39. The van der Waals surface area contributed by atoms with Crippen LogP contribution in [0.25, 0.3) is 0 Å². The number of hydrogen-bond acceptors (Lipinski definition) is 2. The Morgan fingerprint density at radius 1 is 1.58 bits per heavy atom. The van der Waals surface area contributed by atoms with Gasteiger partial charge in [0.25, 0.3) is 0 Å². The lowest BCUT2D eigenvalue weighted by atomic mass is 10.3. The Kier molecular flexibility index (Phi) is 1.46. The molecule has 2 rings (SSSR count). The normalized spacial score (nSPS) is 16.4. The van der Waals surface area contributed by atoms with E-state index in [0.29, 0.717) is 11.7 Å². The molecule has 0 radical (unpaired) electrons. The first-order valence-corrected chi connectivity index (χ1v) is 4.11. The monoisotopic (exact) mass is 165 g/mol. The van der Waals surface area contributed by atoms with Gasteiger partial charge in [-0.3, -0.25) is 4.79 Å². The maximum Gasteiger partial charge on any atom is 0.223 e. The molecule has 0 amide bonds. The molecule has 0 atom stereocenters. The van der Waals surface area contributed by atoms with Crippen LogP contribution in [0.1, 0.15) is 24.6 Å². The predicted octanol–water partition coefficient (Wildman–Crippen LogP) is 1.20. The Morgan fingerprint density at radius 2 is 2.25 bits per heavy atom. The molecule has 1 aliphatic carbocycles. The summed E-state index contributed by atoms with van der Waals surface area (Å²) in [6, 6.07) is 1.93. The predicted molar refractivity (Wildman–Crippen MR) is 45.4 cm³/mol. The van der Waals surface area contributed by atoms with Crippen molar-refractivity contribution in [2.75, 3.05) is 0 Å². The summed E-state index contributed by atoms with van der Waals surface area (Å²) in [5, 5.41) is 9.33. The smallest absolute Gasteiger partial charge is 0.223 e. The first-order chi connectivity index (χ1) is 5.70. The SMILES string of the molecule is Cc1c(O)c(=O)ccn1C1CC1. The van der Waals surface area contributed by atoms with Crippen molar-refractivity contribution >= 4 is 0 Å². The molecular weight excluding hydrogens is 154 g/mol. The zero-order valence-corrected chi connectivity index (χ0v) is 6.95. The van der Waals surface area contributed by atoms with E-state index in [-0.39, 0.29) is 11.2 Å². The zero-order chi connectivity index (χ0) is 8.72.